The van der Waals surface area contributed by atoms with Crippen molar-refractivity contribution in [1.29, 1.82) is 0 Å². The zero-order valence-corrected chi connectivity index (χ0v) is 10.8. The topological polar surface area (TPSA) is 63.6 Å². The quantitative estimate of drug-likeness (QED) is 0.649. The molecular weight excluding hydrogens is 240 g/mol. The van der Waals surface area contributed by atoms with Crippen LogP contribution in [0.4, 0.5) is 0 Å². The lowest BCUT2D eigenvalue weighted by molar-refractivity contribution is 0.326. The number of allylic oxidation sites excluding steroid dienone is 1. The first kappa shape index (κ1) is 13.7. The van der Waals surface area contributed by atoms with Crippen LogP contribution in [-0.4, -0.2) is 19.6 Å². The van der Waals surface area contributed by atoms with Gasteiger partial charge in [-0.1, -0.05) is 12.1 Å². The molecule has 1 rings (SSSR count). The highest BCUT2D eigenvalue weighted by Gasteiger charge is 2.20. The second kappa shape index (κ2) is 5.33. The van der Waals surface area contributed by atoms with E-state index in [1.165, 1.54) is 6.07 Å². The Balaban J connectivity index is 3.52. The number of rotatable bonds is 5. The summed E-state index contributed by atoms with van der Waals surface area (Å²) in [5.74, 6) is 0.218. The van der Waals surface area contributed by atoms with Crippen LogP contribution in [0.3, 0.4) is 0 Å². The Bertz CT molecular complexity index is 518. The van der Waals surface area contributed by atoms with Gasteiger partial charge in [0.2, 0.25) is 0 Å². The van der Waals surface area contributed by atoms with Gasteiger partial charge in [-0.15, -0.1) is 6.58 Å². The highest BCUT2D eigenvalue weighted by Crippen LogP contribution is 2.31. The molecule has 0 heterocycles. The highest BCUT2D eigenvalue weighted by molar-refractivity contribution is 7.86. The van der Waals surface area contributed by atoms with Gasteiger partial charge >= 0.3 is 0 Å². The molecule has 0 aliphatic heterocycles. The molecule has 0 unspecified atom stereocenters. The van der Waals surface area contributed by atoms with Crippen molar-refractivity contribution in [3.8, 4) is 5.75 Å². The van der Waals surface area contributed by atoms with E-state index in [4.69, 9.17) is 9.29 Å². The molecule has 1 aromatic rings. The molecular formula is C12H16O4S. The smallest absolute Gasteiger partial charge is 0.298 e. The van der Waals surface area contributed by atoms with E-state index in [0.29, 0.717) is 13.0 Å². The molecule has 4 nitrogen and oxygen atoms in total. The normalized spacial score (nSPS) is 11.2. The average Bonchev–Trinajstić information content (AvgIpc) is 2.22. The van der Waals surface area contributed by atoms with Crippen LogP contribution >= 0.6 is 0 Å². The van der Waals surface area contributed by atoms with Gasteiger partial charge in [0.25, 0.3) is 10.1 Å². The summed E-state index contributed by atoms with van der Waals surface area (Å²) in [4.78, 5) is -0.193. The molecule has 0 saturated heterocycles. The van der Waals surface area contributed by atoms with Gasteiger partial charge in [-0.2, -0.15) is 8.42 Å². The van der Waals surface area contributed by atoms with Crippen molar-refractivity contribution in [2.75, 3.05) is 6.61 Å². The fraction of sp³-hybridized carbons (Fsp3) is 0.333. The largest absolute Gasteiger partial charge is 0.492 e. The van der Waals surface area contributed by atoms with Crippen LogP contribution in [0.5, 0.6) is 5.75 Å². The number of hydrogen-bond acceptors (Lipinski definition) is 3. The summed E-state index contributed by atoms with van der Waals surface area (Å²) in [6.45, 7) is 7.57. The third-order valence-corrected chi connectivity index (χ3v) is 3.25. The van der Waals surface area contributed by atoms with E-state index in [0.717, 1.165) is 11.1 Å². The fourth-order valence-corrected chi connectivity index (χ4v) is 2.26. The summed E-state index contributed by atoms with van der Waals surface area (Å²) in [6.07, 6.45) is 2.16. The molecule has 0 bridgehead atoms. The van der Waals surface area contributed by atoms with Gasteiger partial charge in [0.15, 0.2) is 0 Å². The minimum atomic E-state index is -4.27. The van der Waals surface area contributed by atoms with Crippen molar-refractivity contribution in [2.24, 2.45) is 0 Å². The Hall–Kier alpha value is -1.33. The van der Waals surface area contributed by atoms with Crippen molar-refractivity contribution < 1.29 is 17.7 Å². The predicted octanol–water partition coefficient (Wildman–Crippen LogP) is 2.37. The SMILES string of the molecule is C=CCc1c(C)ccc(S(=O)(=O)O)c1OCC. The maximum absolute atomic E-state index is 11.2. The van der Waals surface area contributed by atoms with Gasteiger partial charge < -0.3 is 4.74 Å². The lowest BCUT2D eigenvalue weighted by Crippen LogP contribution is -2.07. The molecule has 0 aromatic heterocycles. The molecule has 0 radical (unpaired) electrons. The van der Waals surface area contributed by atoms with Crippen LogP contribution in [0.15, 0.2) is 29.7 Å². The van der Waals surface area contributed by atoms with Gasteiger partial charge in [0.05, 0.1) is 6.61 Å². The van der Waals surface area contributed by atoms with Gasteiger partial charge in [-0.25, -0.2) is 0 Å². The molecule has 0 atom stereocenters. The minimum absolute atomic E-state index is 0.193. The highest BCUT2D eigenvalue weighted by atomic mass is 32.2. The second-order valence-corrected chi connectivity index (χ2v) is 4.98. The molecule has 1 aromatic carbocycles. The monoisotopic (exact) mass is 256 g/mol. The standard InChI is InChI=1S/C12H16O4S/c1-4-6-10-9(3)7-8-11(17(13,14)15)12(10)16-5-2/h4,7-8H,1,5-6H2,2-3H3,(H,13,14,15). The van der Waals surface area contributed by atoms with Gasteiger partial charge in [0, 0.05) is 5.56 Å². The Labute approximate surface area is 102 Å². The van der Waals surface area contributed by atoms with Crippen LogP contribution in [-0.2, 0) is 16.5 Å². The van der Waals surface area contributed by atoms with Crippen molar-refractivity contribution in [3.63, 3.8) is 0 Å². The second-order valence-electron chi connectivity index (χ2n) is 3.59. The summed E-state index contributed by atoms with van der Waals surface area (Å²) in [5, 5.41) is 0. The van der Waals surface area contributed by atoms with E-state index in [-0.39, 0.29) is 10.6 Å². The molecule has 17 heavy (non-hydrogen) atoms. The number of benzene rings is 1. The van der Waals surface area contributed by atoms with Crippen LogP contribution in [0.2, 0.25) is 0 Å². The van der Waals surface area contributed by atoms with Crippen molar-refractivity contribution >= 4 is 10.1 Å². The van der Waals surface area contributed by atoms with Crippen molar-refractivity contribution in [2.45, 2.75) is 25.2 Å². The first-order chi connectivity index (χ1) is 7.91. The molecule has 0 spiro atoms. The van der Waals surface area contributed by atoms with Crippen molar-refractivity contribution in [1.82, 2.24) is 0 Å². The van der Waals surface area contributed by atoms with E-state index in [1.54, 1.807) is 19.1 Å². The Morgan fingerprint density at radius 3 is 2.59 bits per heavy atom. The van der Waals surface area contributed by atoms with Crippen LogP contribution in [0.1, 0.15) is 18.1 Å². The Morgan fingerprint density at radius 1 is 1.47 bits per heavy atom. The van der Waals surface area contributed by atoms with Gasteiger partial charge in [-0.05, 0) is 31.9 Å². The number of aryl methyl sites for hydroxylation is 1. The zero-order chi connectivity index (χ0) is 13.1. The fourth-order valence-electron chi connectivity index (χ4n) is 1.61. The first-order valence-electron chi connectivity index (χ1n) is 5.25. The van der Waals surface area contributed by atoms with E-state index in [1.807, 2.05) is 6.92 Å². The lowest BCUT2D eigenvalue weighted by Gasteiger charge is -2.14. The first-order valence-corrected chi connectivity index (χ1v) is 6.69. The van der Waals surface area contributed by atoms with E-state index < -0.39 is 10.1 Å². The van der Waals surface area contributed by atoms with Crippen LogP contribution in [0.25, 0.3) is 0 Å². The van der Waals surface area contributed by atoms with E-state index in [2.05, 4.69) is 6.58 Å². The summed E-state index contributed by atoms with van der Waals surface area (Å²) in [6, 6.07) is 2.99. The van der Waals surface area contributed by atoms with Crippen molar-refractivity contribution in [3.05, 3.63) is 35.9 Å². The molecule has 5 heteroatoms. The number of ether oxygens (including phenoxy) is 1. The third-order valence-electron chi connectivity index (χ3n) is 2.37. The molecule has 0 aliphatic rings. The van der Waals surface area contributed by atoms with E-state index >= 15 is 0 Å². The summed E-state index contributed by atoms with van der Waals surface area (Å²) < 4.78 is 37.0. The third kappa shape index (κ3) is 3.08. The van der Waals surface area contributed by atoms with Crippen LogP contribution < -0.4 is 4.74 Å². The van der Waals surface area contributed by atoms with Gasteiger partial charge in [-0.3, -0.25) is 4.55 Å². The van der Waals surface area contributed by atoms with Gasteiger partial charge in [0.1, 0.15) is 10.6 Å². The molecule has 0 fully saturated rings. The maximum Gasteiger partial charge on any atom is 0.298 e. The maximum atomic E-state index is 11.2. The molecule has 0 saturated carbocycles. The minimum Gasteiger partial charge on any atom is -0.492 e. The molecule has 0 amide bonds. The Morgan fingerprint density at radius 2 is 2.12 bits per heavy atom. The predicted molar refractivity (Wildman–Crippen MR) is 66.1 cm³/mol. The zero-order valence-electron chi connectivity index (χ0n) is 9.93. The van der Waals surface area contributed by atoms with Crippen LogP contribution in [0, 0.1) is 6.92 Å². The molecule has 0 aliphatic carbocycles. The Kier molecular flexibility index (Phi) is 4.31. The molecule has 1 N–H and O–H groups in total. The summed E-state index contributed by atoms with van der Waals surface area (Å²) >= 11 is 0. The number of hydrogen-bond donors (Lipinski definition) is 1. The summed E-state index contributed by atoms with van der Waals surface area (Å²) in [5.41, 5.74) is 1.64. The lowest BCUT2D eigenvalue weighted by atomic mass is 10.0. The van der Waals surface area contributed by atoms with E-state index in [9.17, 15) is 8.42 Å². The summed E-state index contributed by atoms with van der Waals surface area (Å²) in [7, 11) is -4.27. The molecule has 94 valence electrons. The average molecular weight is 256 g/mol.